The van der Waals surface area contributed by atoms with Gasteiger partial charge in [0.1, 0.15) is 6.04 Å². The van der Waals surface area contributed by atoms with Crippen molar-refractivity contribution in [2.24, 2.45) is 0 Å². The first-order valence-electron chi connectivity index (χ1n) is 10.9. The van der Waals surface area contributed by atoms with Gasteiger partial charge in [0.05, 0.1) is 4.92 Å². The zero-order chi connectivity index (χ0) is 24.5. The Morgan fingerprint density at radius 1 is 0.829 bits per heavy atom. The molecule has 1 aliphatic rings. The molecule has 5 rings (SSSR count). The zero-order valence-electron chi connectivity index (χ0n) is 18.4. The third kappa shape index (κ3) is 4.02. The number of imide groups is 1. The van der Waals surface area contributed by atoms with Crippen LogP contribution in [0, 0.1) is 10.1 Å². The molecule has 0 aliphatic carbocycles. The monoisotopic (exact) mass is 465 g/mol. The van der Waals surface area contributed by atoms with Crippen molar-refractivity contribution in [2.75, 3.05) is 5.32 Å². The van der Waals surface area contributed by atoms with Gasteiger partial charge in [-0.05, 0) is 35.2 Å². The topological polar surface area (TPSA) is 110 Å². The maximum Gasteiger partial charge on any atom is 0.269 e. The minimum absolute atomic E-state index is 0.106. The fourth-order valence-corrected chi connectivity index (χ4v) is 4.36. The first kappa shape index (κ1) is 22.0. The van der Waals surface area contributed by atoms with Gasteiger partial charge in [-0.15, -0.1) is 0 Å². The van der Waals surface area contributed by atoms with Gasteiger partial charge in [-0.25, -0.2) is 0 Å². The quantitative estimate of drug-likeness (QED) is 0.254. The highest BCUT2D eigenvalue weighted by atomic mass is 16.6. The number of carbonyl (C=O) groups is 3. The molecule has 0 aromatic heterocycles. The third-order valence-corrected chi connectivity index (χ3v) is 6.03. The van der Waals surface area contributed by atoms with Gasteiger partial charge in [-0.2, -0.15) is 0 Å². The van der Waals surface area contributed by atoms with Crippen LogP contribution in [0.1, 0.15) is 26.3 Å². The van der Waals surface area contributed by atoms with Crippen LogP contribution in [0.5, 0.6) is 0 Å². The van der Waals surface area contributed by atoms with Crippen molar-refractivity contribution in [1.29, 1.82) is 0 Å². The Hall–Kier alpha value is -4.85. The number of carbonyl (C=O) groups excluding carboxylic acids is 3. The number of non-ortho nitro benzene ring substituents is 1. The molecule has 0 unspecified atom stereocenters. The van der Waals surface area contributed by atoms with Gasteiger partial charge in [-0.3, -0.25) is 29.4 Å². The summed E-state index contributed by atoms with van der Waals surface area (Å²) in [6, 6.07) is 23.8. The average Bonchev–Trinajstić information content (AvgIpc) is 2.87. The number of hydrogen-bond acceptors (Lipinski definition) is 5. The summed E-state index contributed by atoms with van der Waals surface area (Å²) in [6.45, 7) is 0. The SMILES string of the molecule is O=C(Nc1ccc([N+](=O)[O-])cc1)[C@@H](Cc1ccccc1)N1C(=O)c2cccc3cccc(c23)C1=O. The van der Waals surface area contributed by atoms with E-state index in [0.29, 0.717) is 22.2 Å². The zero-order valence-corrected chi connectivity index (χ0v) is 18.4. The van der Waals surface area contributed by atoms with Crippen LogP contribution in [0.4, 0.5) is 11.4 Å². The second kappa shape index (κ2) is 8.83. The molecule has 8 heteroatoms. The number of nitro benzene ring substituents is 1. The van der Waals surface area contributed by atoms with Gasteiger partial charge in [0.25, 0.3) is 17.5 Å². The van der Waals surface area contributed by atoms with Crippen LogP contribution in [0.3, 0.4) is 0 Å². The minimum Gasteiger partial charge on any atom is -0.324 e. The van der Waals surface area contributed by atoms with Gasteiger partial charge in [0.15, 0.2) is 0 Å². The van der Waals surface area contributed by atoms with E-state index >= 15 is 0 Å². The van der Waals surface area contributed by atoms with Gasteiger partial charge in [0, 0.05) is 40.8 Å². The van der Waals surface area contributed by atoms with Gasteiger partial charge in [-0.1, -0.05) is 54.6 Å². The fourth-order valence-electron chi connectivity index (χ4n) is 4.36. The standard InChI is InChI=1S/C27H19N3O5/c31-25(28-19-12-14-20(15-13-19)30(34)35)23(16-17-6-2-1-3-7-17)29-26(32)21-10-4-8-18-9-5-11-22(24(18)21)27(29)33/h1-15,23H,16H2,(H,28,31)/t23-/m1/s1. The molecule has 0 saturated heterocycles. The summed E-state index contributed by atoms with van der Waals surface area (Å²) in [5.41, 5.74) is 1.69. The van der Waals surface area contributed by atoms with Crippen LogP contribution >= 0.6 is 0 Å². The molecule has 8 nitrogen and oxygen atoms in total. The Morgan fingerprint density at radius 3 is 2.00 bits per heavy atom. The van der Waals surface area contributed by atoms with Gasteiger partial charge >= 0.3 is 0 Å². The van der Waals surface area contributed by atoms with E-state index in [9.17, 15) is 24.5 Å². The number of benzene rings is 4. The lowest BCUT2D eigenvalue weighted by Crippen LogP contribution is -2.53. The van der Waals surface area contributed by atoms with E-state index in [1.807, 2.05) is 42.5 Å². The molecular weight excluding hydrogens is 446 g/mol. The van der Waals surface area contributed by atoms with Crippen molar-refractivity contribution in [3.05, 3.63) is 118 Å². The van der Waals surface area contributed by atoms with Gasteiger partial charge in [0.2, 0.25) is 5.91 Å². The van der Waals surface area contributed by atoms with Crippen LogP contribution < -0.4 is 5.32 Å². The molecule has 1 heterocycles. The molecule has 172 valence electrons. The summed E-state index contributed by atoms with van der Waals surface area (Å²) >= 11 is 0. The minimum atomic E-state index is -1.14. The Balaban J connectivity index is 1.54. The summed E-state index contributed by atoms with van der Waals surface area (Å²) in [4.78, 5) is 52.1. The van der Waals surface area contributed by atoms with Crippen molar-refractivity contribution >= 4 is 39.9 Å². The van der Waals surface area contributed by atoms with Crippen molar-refractivity contribution < 1.29 is 19.3 Å². The second-order valence-corrected chi connectivity index (χ2v) is 8.19. The molecule has 0 saturated carbocycles. The van der Waals surface area contributed by atoms with Gasteiger partial charge < -0.3 is 5.32 Å². The summed E-state index contributed by atoms with van der Waals surface area (Å²) in [5, 5.41) is 15.0. The van der Waals surface area contributed by atoms with E-state index in [4.69, 9.17) is 0 Å². The Labute approximate surface area is 199 Å². The lowest BCUT2D eigenvalue weighted by molar-refractivity contribution is -0.384. The van der Waals surface area contributed by atoms with Crippen LogP contribution in [0.15, 0.2) is 91.0 Å². The summed E-state index contributed by atoms with van der Waals surface area (Å²) < 4.78 is 0. The number of nitro groups is 1. The molecule has 0 fully saturated rings. The first-order chi connectivity index (χ1) is 16.9. The predicted molar refractivity (Wildman–Crippen MR) is 130 cm³/mol. The Bertz CT molecular complexity index is 1430. The lowest BCUT2D eigenvalue weighted by Gasteiger charge is -2.33. The van der Waals surface area contributed by atoms with Crippen LogP contribution in [-0.4, -0.2) is 33.6 Å². The highest BCUT2D eigenvalue weighted by molar-refractivity contribution is 6.26. The summed E-state index contributed by atoms with van der Waals surface area (Å²) in [5.74, 6) is -1.66. The molecule has 0 spiro atoms. The highest BCUT2D eigenvalue weighted by Gasteiger charge is 2.40. The Kier molecular flexibility index (Phi) is 5.54. The molecule has 4 aromatic rings. The number of rotatable bonds is 6. The summed E-state index contributed by atoms with van der Waals surface area (Å²) in [6.07, 6.45) is 0.106. The van der Waals surface area contributed by atoms with Crippen molar-refractivity contribution in [1.82, 2.24) is 4.90 Å². The molecule has 0 bridgehead atoms. The molecule has 4 aromatic carbocycles. The lowest BCUT2D eigenvalue weighted by atomic mass is 9.92. The van der Waals surface area contributed by atoms with E-state index in [1.165, 1.54) is 24.3 Å². The van der Waals surface area contributed by atoms with Crippen LogP contribution in [0.25, 0.3) is 10.8 Å². The molecule has 3 amide bonds. The largest absolute Gasteiger partial charge is 0.324 e. The maximum atomic E-state index is 13.6. The molecule has 35 heavy (non-hydrogen) atoms. The number of hydrogen-bond donors (Lipinski definition) is 1. The fraction of sp³-hybridized carbons (Fsp3) is 0.0741. The molecule has 1 atom stereocenters. The Morgan fingerprint density at radius 2 is 1.43 bits per heavy atom. The number of amides is 3. The summed E-state index contributed by atoms with van der Waals surface area (Å²) in [7, 11) is 0. The molecular formula is C27H19N3O5. The van der Waals surface area contributed by atoms with E-state index in [2.05, 4.69) is 5.32 Å². The maximum absolute atomic E-state index is 13.6. The van der Waals surface area contributed by atoms with Crippen molar-refractivity contribution in [2.45, 2.75) is 12.5 Å². The predicted octanol–water partition coefficient (Wildman–Crippen LogP) is 4.59. The van der Waals surface area contributed by atoms with Crippen LogP contribution in [-0.2, 0) is 11.2 Å². The normalized spacial score (nSPS) is 13.5. The number of nitrogens with one attached hydrogen (secondary N) is 1. The molecule has 1 N–H and O–H groups in total. The van der Waals surface area contributed by atoms with E-state index in [0.717, 1.165) is 15.8 Å². The first-order valence-corrected chi connectivity index (χ1v) is 10.9. The second-order valence-electron chi connectivity index (χ2n) is 8.19. The highest BCUT2D eigenvalue weighted by Crippen LogP contribution is 2.32. The van der Waals surface area contributed by atoms with Crippen molar-refractivity contribution in [3.63, 3.8) is 0 Å². The van der Waals surface area contributed by atoms with Crippen molar-refractivity contribution in [3.8, 4) is 0 Å². The van der Waals surface area contributed by atoms with E-state index in [1.54, 1.807) is 24.3 Å². The molecule has 1 aliphatic heterocycles. The van der Waals surface area contributed by atoms with E-state index < -0.39 is 28.7 Å². The number of nitrogens with zero attached hydrogens (tertiary/aromatic N) is 2. The van der Waals surface area contributed by atoms with E-state index in [-0.39, 0.29) is 12.1 Å². The number of anilines is 1. The third-order valence-electron chi connectivity index (χ3n) is 6.03. The molecule has 0 radical (unpaired) electrons. The van der Waals surface area contributed by atoms with Crippen LogP contribution in [0.2, 0.25) is 0 Å². The smallest absolute Gasteiger partial charge is 0.269 e. The average molecular weight is 465 g/mol.